The number of aromatic nitrogens is 1. The minimum Gasteiger partial charge on any atom is -0.768 e. The summed E-state index contributed by atoms with van der Waals surface area (Å²) < 4.78 is 22.5. The van der Waals surface area contributed by atoms with Gasteiger partial charge >= 0.3 is 29.6 Å². The van der Waals surface area contributed by atoms with Crippen molar-refractivity contribution in [3.8, 4) is 0 Å². The van der Waals surface area contributed by atoms with Crippen molar-refractivity contribution in [3.63, 3.8) is 0 Å². The molecule has 0 N–H and O–H groups in total. The molecular formula is C7H3ClNNaO2S2. The summed E-state index contributed by atoms with van der Waals surface area (Å²) in [7, 11) is 0. The molecule has 68 valence electrons. The summed E-state index contributed by atoms with van der Waals surface area (Å²) in [5.41, 5.74) is 2.04. The molecule has 1 aromatic heterocycles. The van der Waals surface area contributed by atoms with E-state index in [-0.39, 0.29) is 39.5 Å². The van der Waals surface area contributed by atoms with Gasteiger partial charge in [0.25, 0.3) is 0 Å². The maximum absolute atomic E-state index is 10.8. The van der Waals surface area contributed by atoms with E-state index in [1.807, 2.05) is 0 Å². The van der Waals surface area contributed by atoms with Gasteiger partial charge in [0.1, 0.15) is 0 Å². The fourth-order valence-corrected chi connectivity index (χ4v) is 2.68. The molecule has 3 nitrogen and oxygen atoms in total. The summed E-state index contributed by atoms with van der Waals surface area (Å²) in [6.07, 6.45) is 0. The Morgan fingerprint density at radius 1 is 1.50 bits per heavy atom. The molecule has 1 atom stereocenters. The van der Waals surface area contributed by atoms with Crippen molar-refractivity contribution < 1.29 is 38.3 Å². The van der Waals surface area contributed by atoms with E-state index in [1.165, 1.54) is 11.3 Å². The van der Waals surface area contributed by atoms with Crippen molar-refractivity contribution in [1.82, 2.24) is 4.98 Å². The quantitative estimate of drug-likeness (QED) is 0.495. The largest absolute Gasteiger partial charge is 1.00 e. The van der Waals surface area contributed by atoms with E-state index in [1.54, 1.807) is 17.6 Å². The fraction of sp³-hybridized carbons (Fsp3) is 0. The van der Waals surface area contributed by atoms with Gasteiger partial charge in [-0.2, -0.15) is 0 Å². The molecular weight excluding hydrogens is 253 g/mol. The van der Waals surface area contributed by atoms with Gasteiger partial charge in [0, 0.05) is 0 Å². The Morgan fingerprint density at radius 2 is 2.21 bits per heavy atom. The van der Waals surface area contributed by atoms with Crippen LogP contribution in [-0.4, -0.2) is 13.7 Å². The SMILES string of the molecule is O=S([O-])c1c(Cl)ccc2scnc12.[Na+]. The predicted molar refractivity (Wildman–Crippen MR) is 51.8 cm³/mol. The van der Waals surface area contributed by atoms with Gasteiger partial charge < -0.3 is 4.55 Å². The second kappa shape index (κ2) is 5.03. The van der Waals surface area contributed by atoms with Gasteiger partial charge in [-0.3, -0.25) is 4.21 Å². The van der Waals surface area contributed by atoms with Crippen LogP contribution >= 0.6 is 22.9 Å². The van der Waals surface area contributed by atoms with Gasteiger partial charge in [-0.25, -0.2) is 4.98 Å². The van der Waals surface area contributed by atoms with E-state index in [4.69, 9.17) is 11.6 Å². The molecule has 0 saturated heterocycles. The Labute approximate surface area is 114 Å². The van der Waals surface area contributed by atoms with Crippen LogP contribution in [0.2, 0.25) is 5.02 Å². The van der Waals surface area contributed by atoms with E-state index in [9.17, 15) is 8.76 Å². The van der Waals surface area contributed by atoms with Crippen LogP contribution in [0.1, 0.15) is 0 Å². The molecule has 0 aliphatic rings. The van der Waals surface area contributed by atoms with E-state index >= 15 is 0 Å². The summed E-state index contributed by atoms with van der Waals surface area (Å²) in [5, 5.41) is 0.215. The van der Waals surface area contributed by atoms with Crippen LogP contribution in [0.15, 0.2) is 22.5 Å². The normalized spacial score (nSPS) is 12.4. The number of fused-ring (bicyclic) bond motifs is 1. The molecule has 0 spiro atoms. The minimum atomic E-state index is -2.33. The molecule has 0 amide bonds. The van der Waals surface area contributed by atoms with Gasteiger partial charge in [0.15, 0.2) is 0 Å². The molecule has 0 aliphatic heterocycles. The molecule has 2 aromatic rings. The summed E-state index contributed by atoms with van der Waals surface area (Å²) in [6.45, 7) is 0. The molecule has 0 fully saturated rings. The Morgan fingerprint density at radius 3 is 2.86 bits per heavy atom. The van der Waals surface area contributed by atoms with Gasteiger partial charge in [0.05, 0.1) is 25.6 Å². The van der Waals surface area contributed by atoms with E-state index < -0.39 is 11.1 Å². The Bertz CT molecular complexity index is 487. The van der Waals surface area contributed by atoms with Crippen LogP contribution in [0.3, 0.4) is 0 Å². The van der Waals surface area contributed by atoms with Crippen LogP contribution in [0, 0.1) is 0 Å². The monoisotopic (exact) mass is 255 g/mol. The average Bonchev–Trinajstić information content (AvgIpc) is 2.50. The second-order valence-corrected chi connectivity index (χ2v) is 4.48. The molecule has 0 aliphatic carbocycles. The molecule has 2 rings (SSSR count). The van der Waals surface area contributed by atoms with Gasteiger partial charge in [-0.15, -0.1) is 11.3 Å². The number of thiazole rings is 1. The van der Waals surface area contributed by atoms with E-state index in [2.05, 4.69) is 4.98 Å². The molecule has 1 aromatic carbocycles. The Kier molecular flexibility index (Phi) is 4.52. The van der Waals surface area contributed by atoms with Crippen molar-refractivity contribution in [3.05, 3.63) is 22.7 Å². The summed E-state index contributed by atoms with van der Waals surface area (Å²) >= 11 is 4.78. The fourth-order valence-electron chi connectivity index (χ4n) is 1.04. The summed E-state index contributed by atoms with van der Waals surface area (Å²) in [4.78, 5) is 4.03. The average molecular weight is 256 g/mol. The van der Waals surface area contributed by atoms with Gasteiger partial charge in [-0.1, -0.05) is 11.6 Å². The number of hydrogen-bond donors (Lipinski definition) is 0. The topological polar surface area (TPSA) is 53.0 Å². The Hall–Kier alpha value is 0.510. The third-order valence-corrected chi connectivity index (χ3v) is 3.54. The van der Waals surface area contributed by atoms with Crippen LogP contribution < -0.4 is 29.6 Å². The maximum atomic E-state index is 10.8. The third-order valence-electron chi connectivity index (χ3n) is 1.57. The zero-order chi connectivity index (χ0) is 9.42. The number of rotatable bonds is 1. The van der Waals surface area contributed by atoms with Crippen molar-refractivity contribution in [2.45, 2.75) is 4.90 Å². The number of hydrogen-bond acceptors (Lipinski definition) is 4. The molecule has 7 heteroatoms. The number of halogens is 1. The molecule has 0 saturated carbocycles. The van der Waals surface area contributed by atoms with Crippen molar-refractivity contribution in [2.75, 3.05) is 0 Å². The van der Waals surface area contributed by atoms with Crippen LogP contribution in [0.5, 0.6) is 0 Å². The molecule has 14 heavy (non-hydrogen) atoms. The Balaban J connectivity index is 0.000000980. The minimum absolute atomic E-state index is 0. The number of nitrogens with zero attached hydrogens (tertiary/aromatic N) is 1. The van der Waals surface area contributed by atoms with Crippen LogP contribution in [0.25, 0.3) is 10.2 Å². The van der Waals surface area contributed by atoms with Crippen LogP contribution in [0.4, 0.5) is 0 Å². The first-order chi connectivity index (χ1) is 6.20. The first-order valence-corrected chi connectivity index (χ1v) is 5.64. The molecule has 1 heterocycles. The third kappa shape index (κ3) is 2.19. The van der Waals surface area contributed by atoms with E-state index in [0.29, 0.717) is 5.52 Å². The first-order valence-electron chi connectivity index (χ1n) is 3.31. The number of benzene rings is 1. The smallest absolute Gasteiger partial charge is 0.768 e. The van der Waals surface area contributed by atoms with Crippen LogP contribution in [-0.2, 0) is 11.1 Å². The van der Waals surface area contributed by atoms with Crippen molar-refractivity contribution >= 4 is 44.2 Å². The zero-order valence-corrected chi connectivity index (χ0v) is 11.6. The first kappa shape index (κ1) is 12.6. The van der Waals surface area contributed by atoms with Crippen molar-refractivity contribution in [2.24, 2.45) is 0 Å². The summed E-state index contributed by atoms with van der Waals surface area (Å²) in [6, 6.07) is 3.32. The summed E-state index contributed by atoms with van der Waals surface area (Å²) in [5.74, 6) is 0. The molecule has 0 bridgehead atoms. The maximum Gasteiger partial charge on any atom is 1.00 e. The zero-order valence-electron chi connectivity index (χ0n) is 7.19. The standard InChI is InChI=1S/C7H4ClNO2S2.Na/c8-4-1-2-5-6(9-3-12-5)7(4)13(10)11;/h1-3H,(H,10,11);/q;+1/p-1. The molecule has 0 radical (unpaired) electrons. The second-order valence-electron chi connectivity index (χ2n) is 2.31. The van der Waals surface area contributed by atoms with Gasteiger partial charge in [0.2, 0.25) is 0 Å². The van der Waals surface area contributed by atoms with Gasteiger partial charge in [-0.05, 0) is 23.2 Å². The van der Waals surface area contributed by atoms with E-state index in [0.717, 1.165) is 4.70 Å². The van der Waals surface area contributed by atoms with Crippen molar-refractivity contribution in [1.29, 1.82) is 0 Å². The predicted octanol–water partition coefficient (Wildman–Crippen LogP) is -0.808. The molecule has 1 unspecified atom stereocenters.